The second kappa shape index (κ2) is 7.42. The molecule has 0 spiro atoms. The molecule has 0 aromatic heterocycles. The number of nitrogens with zero attached hydrogens (tertiary/aromatic N) is 1. The number of likely N-dealkylation sites (tertiary alicyclic amines) is 1. The van der Waals surface area contributed by atoms with Crippen LogP contribution in [0.3, 0.4) is 0 Å². The molecule has 1 heterocycles. The first-order valence-corrected chi connectivity index (χ1v) is 8.85. The van der Waals surface area contributed by atoms with E-state index in [-0.39, 0.29) is 25.4 Å². The van der Waals surface area contributed by atoms with Crippen LogP contribution in [0.25, 0.3) is 0 Å². The van der Waals surface area contributed by atoms with Crippen LogP contribution in [0.2, 0.25) is 5.02 Å². The normalized spacial score (nSPS) is 27.3. The quantitative estimate of drug-likeness (QED) is 0.632. The summed E-state index contributed by atoms with van der Waals surface area (Å²) in [5.41, 5.74) is -2.63. The fourth-order valence-electron chi connectivity index (χ4n) is 3.36. The van der Waals surface area contributed by atoms with Crippen molar-refractivity contribution in [2.24, 2.45) is 5.92 Å². The SMILES string of the molecule is CC(C)[C@@H](NC(=O)O)C(=O)N1CCC(O)(c2ccc(Cl)cc2)C(C)(O)C1. The molecule has 0 radical (unpaired) electrons. The second-order valence-electron chi connectivity index (χ2n) is 7.32. The molecule has 0 aliphatic carbocycles. The maximum atomic E-state index is 12.7. The minimum atomic E-state index is -1.61. The Kier molecular flexibility index (Phi) is 5.85. The summed E-state index contributed by atoms with van der Waals surface area (Å²) < 4.78 is 0. The van der Waals surface area contributed by atoms with Crippen molar-refractivity contribution >= 4 is 23.6 Å². The summed E-state index contributed by atoms with van der Waals surface area (Å²) >= 11 is 5.89. The fourth-order valence-corrected chi connectivity index (χ4v) is 3.49. The van der Waals surface area contributed by atoms with Gasteiger partial charge in [-0.2, -0.15) is 0 Å². The average molecular weight is 385 g/mol. The Bertz CT molecular complexity index is 677. The summed E-state index contributed by atoms with van der Waals surface area (Å²) in [6, 6.07) is 5.65. The van der Waals surface area contributed by atoms with E-state index in [4.69, 9.17) is 16.7 Å². The summed E-state index contributed by atoms with van der Waals surface area (Å²) in [7, 11) is 0. The highest BCUT2D eigenvalue weighted by molar-refractivity contribution is 6.30. The van der Waals surface area contributed by atoms with Crippen molar-refractivity contribution in [1.82, 2.24) is 10.2 Å². The van der Waals surface area contributed by atoms with Gasteiger partial charge in [0.15, 0.2) is 0 Å². The standard InChI is InChI=1S/C18H25ClN2O5/c1-11(2)14(20-16(23)24)15(22)21-9-8-18(26,17(3,25)10-21)12-4-6-13(19)7-5-12/h4-7,11,14,20,25-26H,8-10H2,1-3H3,(H,23,24)/t14-,17?,18?/m1/s1. The minimum absolute atomic E-state index is 0.116. The lowest BCUT2D eigenvalue weighted by Crippen LogP contribution is -2.64. The van der Waals surface area contributed by atoms with Crippen LogP contribution in [0.5, 0.6) is 0 Å². The van der Waals surface area contributed by atoms with Crippen LogP contribution in [0.4, 0.5) is 4.79 Å². The van der Waals surface area contributed by atoms with Crippen molar-refractivity contribution in [1.29, 1.82) is 0 Å². The Morgan fingerprint density at radius 1 is 1.23 bits per heavy atom. The molecule has 1 fully saturated rings. The summed E-state index contributed by atoms with van der Waals surface area (Å²) in [6.07, 6.45) is -1.16. The first-order valence-electron chi connectivity index (χ1n) is 8.47. The molecule has 4 N–H and O–H groups in total. The molecule has 7 nitrogen and oxygen atoms in total. The molecule has 144 valence electrons. The molecule has 26 heavy (non-hydrogen) atoms. The minimum Gasteiger partial charge on any atom is -0.465 e. The van der Waals surface area contributed by atoms with Gasteiger partial charge < -0.3 is 25.5 Å². The van der Waals surface area contributed by atoms with Gasteiger partial charge in [-0.3, -0.25) is 4.79 Å². The number of β-amino-alcohol motifs (C(OH)–C–C–N with tert-alkyl or cyclic N) is 1. The number of amides is 2. The van der Waals surface area contributed by atoms with Gasteiger partial charge in [0, 0.05) is 18.0 Å². The molecule has 2 rings (SSSR count). The molecule has 0 saturated carbocycles. The first kappa shape index (κ1) is 20.5. The van der Waals surface area contributed by atoms with Crippen molar-refractivity contribution < 1.29 is 24.9 Å². The van der Waals surface area contributed by atoms with Crippen LogP contribution in [0.1, 0.15) is 32.8 Å². The lowest BCUT2D eigenvalue weighted by molar-refractivity contribution is -0.191. The van der Waals surface area contributed by atoms with E-state index in [1.165, 1.54) is 11.8 Å². The lowest BCUT2D eigenvalue weighted by atomic mass is 9.73. The predicted octanol–water partition coefficient (Wildman–Crippen LogP) is 1.80. The number of benzene rings is 1. The van der Waals surface area contributed by atoms with E-state index in [0.717, 1.165) is 0 Å². The van der Waals surface area contributed by atoms with Gasteiger partial charge in [-0.05, 0) is 30.5 Å². The van der Waals surface area contributed by atoms with Gasteiger partial charge >= 0.3 is 6.09 Å². The van der Waals surface area contributed by atoms with Gasteiger partial charge in [0.1, 0.15) is 17.2 Å². The Morgan fingerprint density at radius 2 is 1.81 bits per heavy atom. The van der Waals surface area contributed by atoms with Gasteiger partial charge in [-0.1, -0.05) is 37.6 Å². The number of carbonyl (C=O) groups excluding carboxylic acids is 1. The molecular weight excluding hydrogens is 360 g/mol. The van der Waals surface area contributed by atoms with E-state index in [0.29, 0.717) is 10.6 Å². The van der Waals surface area contributed by atoms with Gasteiger partial charge in [-0.25, -0.2) is 4.79 Å². The van der Waals surface area contributed by atoms with Crippen molar-refractivity contribution in [2.75, 3.05) is 13.1 Å². The van der Waals surface area contributed by atoms with Crippen LogP contribution in [0.15, 0.2) is 24.3 Å². The molecule has 1 aromatic rings. The van der Waals surface area contributed by atoms with Crippen molar-refractivity contribution in [3.8, 4) is 0 Å². The van der Waals surface area contributed by atoms with Crippen LogP contribution < -0.4 is 5.32 Å². The average Bonchev–Trinajstić information content (AvgIpc) is 2.54. The zero-order chi connectivity index (χ0) is 19.7. The zero-order valence-corrected chi connectivity index (χ0v) is 15.8. The summed E-state index contributed by atoms with van der Waals surface area (Å²) in [4.78, 5) is 25.1. The fraction of sp³-hybridized carbons (Fsp3) is 0.556. The molecular formula is C18H25ClN2O5. The van der Waals surface area contributed by atoms with Crippen LogP contribution >= 0.6 is 11.6 Å². The maximum absolute atomic E-state index is 12.7. The van der Waals surface area contributed by atoms with E-state index in [1.54, 1.807) is 38.1 Å². The maximum Gasteiger partial charge on any atom is 0.405 e. The number of hydrogen-bond donors (Lipinski definition) is 4. The number of carbonyl (C=O) groups is 2. The Hall–Kier alpha value is -1.83. The Balaban J connectivity index is 2.23. The van der Waals surface area contributed by atoms with E-state index in [9.17, 15) is 19.8 Å². The number of piperidine rings is 1. The third-order valence-electron chi connectivity index (χ3n) is 4.98. The van der Waals surface area contributed by atoms with Gasteiger partial charge in [0.05, 0.1) is 6.54 Å². The second-order valence-corrected chi connectivity index (χ2v) is 7.76. The molecule has 1 saturated heterocycles. The molecule has 2 unspecified atom stereocenters. The Labute approximate surface area is 157 Å². The predicted molar refractivity (Wildman–Crippen MR) is 97.0 cm³/mol. The monoisotopic (exact) mass is 384 g/mol. The largest absolute Gasteiger partial charge is 0.465 e. The third-order valence-corrected chi connectivity index (χ3v) is 5.23. The highest BCUT2D eigenvalue weighted by Crippen LogP contribution is 2.40. The number of aliphatic hydroxyl groups is 2. The van der Waals surface area contributed by atoms with Crippen molar-refractivity contribution in [2.45, 2.75) is 44.4 Å². The number of carboxylic acid groups (broad SMARTS) is 1. The van der Waals surface area contributed by atoms with E-state index >= 15 is 0 Å². The van der Waals surface area contributed by atoms with E-state index in [2.05, 4.69) is 5.32 Å². The molecule has 1 aromatic carbocycles. The Morgan fingerprint density at radius 3 is 2.27 bits per heavy atom. The van der Waals surface area contributed by atoms with Gasteiger partial charge in [0.2, 0.25) is 5.91 Å². The molecule has 1 aliphatic heterocycles. The first-order chi connectivity index (χ1) is 12.0. The van der Waals surface area contributed by atoms with E-state index < -0.39 is 29.2 Å². The van der Waals surface area contributed by atoms with Crippen molar-refractivity contribution in [3.63, 3.8) is 0 Å². The molecule has 0 bridgehead atoms. The summed E-state index contributed by atoms with van der Waals surface area (Å²) in [5, 5.41) is 33.7. The zero-order valence-electron chi connectivity index (χ0n) is 15.1. The molecule has 1 aliphatic rings. The topological polar surface area (TPSA) is 110 Å². The van der Waals surface area contributed by atoms with Gasteiger partial charge in [-0.15, -0.1) is 0 Å². The number of halogens is 1. The van der Waals surface area contributed by atoms with Crippen LogP contribution in [0, 0.1) is 5.92 Å². The molecule has 8 heteroatoms. The number of nitrogens with one attached hydrogen (secondary N) is 1. The molecule has 3 atom stereocenters. The number of hydrogen-bond acceptors (Lipinski definition) is 4. The highest BCUT2D eigenvalue weighted by atomic mass is 35.5. The van der Waals surface area contributed by atoms with Crippen LogP contribution in [-0.4, -0.2) is 57.0 Å². The molecule has 2 amide bonds. The number of rotatable bonds is 4. The smallest absolute Gasteiger partial charge is 0.405 e. The lowest BCUT2D eigenvalue weighted by Gasteiger charge is -2.49. The third kappa shape index (κ3) is 3.95. The van der Waals surface area contributed by atoms with Gasteiger partial charge in [0.25, 0.3) is 0 Å². The van der Waals surface area contributed by atoms with Crippen LogP contribution in [-0.2, 0) is 10.4 Å². The summed E-state index contributed by atoms with van der Waals surface area (Å²) in [5.74, 6) is -0.665. The van der Waals surface area contributed by atoms with Crippen molar-refractivity contribution in [3.05, 3.63) is 34.9 Å². The highest BCUT2D eigenvalue weighted by Gasteiger charge is 2.52. The summed E-state index contributed by atoms with van der Waals surface area (Å²) in [6.45, 7) is 5.03. The van der Waals surface area contributed by atoms with E-state index in [1.807, 2.05) is 0 Å².